The lowest BCUT2D eigenvalue weighted by molar-refractivity contribution is -0.383. The Balaban J connectivity index is 2.14. The molecular formula is C11H18N4O4S2. The van der Waals surface area contributed by atoms with Crippen molar-refractivity contribution in [2.24, 2.45) is 17.7 Å². The topological polar surface area (TPSA) is 127 Å². The lowest BCUT2D eigenvalue weighted by Crippen LogP contribution is -2.29. The molecule has 0 radical (unpaired) electrons. The number of nitro groups is 1. The van der Waals surface area contributed by atoms with Crippen LogP contribution in [-0.4, -0.2) is 19.9 Å². The molecule has 2 unspecified atom stereocenters. The van der Waals surface area contributed by atoms with E-state index in [1.54, 1.807) is 0 Å². The van der Waals surface area contributed by atoms with E-state index in [9.17, 15) is 18.5 Å². The molecule has 8 nitrogen and oxygen atoms in total. The summed E-state index contributed by atoms with van der Waals surface area (Å²) in [7, 11) is -3.75. The molecule has 1 saturated carbocycles. The summed E-state index contributed by atoms with van der Waals surface area (Å²) < 4.78 is 26.9. The number of hydrazine groups is 1. The van der Waals surface area contributed by atoms with Crippen LogP contribution in [-0.2, 0) is 10.0 Å². The molecule has 1 aliphatic rings. The van der Waals surface area contributed by atoms with E-state index in [4.69, 9.17) is 5.84 Å². The zero-order valence-corrected chi connectivity index (χ0v) is 13.2. The van der Waals surface area contributed by atoms with Crippen LogP contribution in [0, 0.1) is 22.0 Å². The molecular weight excluding hydrogens is 316 g/mol. The van der Waals surface area contributed by atoms with Crippen LogP contribution in [0.25, 0.3) is 0 Å². The highest BCUT2D eigenvalue weighted by Crippen LogP contribution is 2.36. The van der Waals surface area contributed by atoms with E-state index in [1.807, 2.05) is 0 Å². The maximum Gasteiger partial charge on any atom is 0.306 e. The summed E-state index contributed by atoms with van der Waals surface area (Å²) in [6.07, 6.45) is 3.22. The van der Waals surface area contributed by atoms with Gasteiger partial charge in [-0.15, -0.1) is 0 Å². The maximum absolute atomic E-state index is 12.2. The SMILES string of the molecule is CC1CCCC1CNS(=O)(=O)c1cc([N+](=O)[O-])c(NN)s1. The molecule has 1 aromatic heterocycles. The monoisotopic (exact) mass is 334 g/mol. The molecule has 0 bridgehead atoms. The fraction of sp³-hybridized carbons (Fsp3) is 0.636. The Kier molecular flexibility index (Phi) is 4.81. The Labute approximate surface area is 126 Å². The molecule has 1 fully saturated rings. The number of nitrogens with one attached hydrogen (secondary N) is 2. The quantitative estimate of drug-likeness (QED) is 0.412. The van der Waals surface area contributed by atoms with E-state index in [2.05, 4.69) is 17.1 Å². The first-order chi connectivity index (χ1) is 9.85. The highest BCUT2D eigenvalue weighted by atomic mass is 32.2. The smallest absolute Gasteiger partial charge is 0.306 e. The Morgan fingerprint density at radius 2 is 2.24 bits per heavy atom. The number of hydrogen-bond donors (Lipinski definition) is 3. The third kappa shape index (κ3) is 3.51. The number of nitrogens with zero attached hydrogens (tertiary/aromatic N) is 1. The summed E-state index contributed by atoms with van der Waals surface area (Å²) in [5.74, 6) is 5.99. The Morgan fingerprint density at radius 1 is 1.52 bits per heavy atom. The molecule has 2 atom stereocenters. The number of rotatable bonds is 6. The van der Waals surface area contributed by atoms with Crippen LogP contribution in [0.3, 0.4) is 0 Å². The molecule has 4 N–H and O–H groups in total. The van der Waals surface area contributed by atoms with E-state index < -0.39 is 14.9 Å². The van der Waals surface area contributed by atoms with E-state index in [-0.39, 0.29) is 14.9 Å². The predicted octanol–water partition coefficient (Wildman–Crippen LogP) is 1.66. The van der Waals surface area contributed by atoms with Crippen LogP contribution in [0.4, 0.5) is 10.7 Å². The molecule has 0 amide bonds. The van der Waals surface area contributed by atoms with Crippen LogP contribution >= 0.6 is 11.3 Å². The van der Waals surface area contributed by atoms with Gasteiger partial charge in [0.05, 0.1) is 4.92 Å². The van der Waals surface area contributed by atoms with E-state index in [0.29, 0.717) is 18.4 Å². The molecule has 0 saturated heterocycles. The van der Waals surface area contributed by atoms with Crippen molar-refractivity contribution >= 4 is 32.0 Å². The zero-order valence-electron chi connectivity index (χ0n) is 11.5. The zero-order chi connectivity index (χ0) is 15.6. The number of nitrogen functional groups attached to an aromatic ring is 1. The predicted molar refractivity (Wildman–Crippen MR) is 80.5 cm³/mol. The molecule has 2 rings (SSSR count). The number of anilines is 1. The second-order valence-corrected chi connectivity index (χ2v) is 8.25. The highest BCUT2D eigenvalue weighted by Gasteiger charge is 2.28. The Bertz CT molecular complexity index is 628. The van der Waals surface area contributed by atoms with Gasteiger partial charge in [0.25, 0.3) is 0 Å². The minimum atomic E-state index is -3.75. The highest BCUT2D eigenvalue weighted by molar-refractivity contribution is 7.91. The minimum Gasteiger partial charge on any atom is -0.310 e. The molecule has 1 heterocycles. The summed E-state index contributed by atoms with van der Waals surface area (Å²) >= 11 is 0.750. The number of thiophene rings is 1. The molecule has 0 spiro atoms. The second-order valence-electron chi connectivity index (χ2n) is 5.20. The van der Waals surface area contributed by atoms with E-state index >= 15 is 0 Å². The first-order valence-electron chi connectivity index (χ1n) is 6.59. The van der Waals surface area contributed by atoms with Gasteiger partial charge in [0.15, 0.2) is 5.00 Å². The van der Waals surface area contributed by atoms with Crippen LogP contribution in [0.5, 0.6) is 0 Å². The number of hydrogen-bond acceptors (Lipinski definition) is 7. The molecule has 1 aliphatic carbocycles. The van der Waals surface area contributed by atoms with Crippen LogP contribution < -0.4 is 16.0 Å². The van der Waals surface area contributed by atoms with Crippen molar-refractivity contribution in [2.45, 2.75) is 30.4 Å². The van der Waals surface area contributed by atoms with Gasteiger partial charge in [-0.25, -0.2) is 19.0 Å². The summed E-state index contributed by atoms with van der Waals surface area (Å²) in [5, 5.41) is 10.9. The third-order valence-corrected chi connectivity index (χ3v) is 6.81. The average molecular weight is 334 g/mol. The van der Waals surface area contributed by atoms with Crippen molar-refractivity contribution in [3.05, 3.63) is 16.2 Å². The first-order valence-corrected chi connectivity index (χ1v) is 8.89. The molecule has 10 heteroatoms. The third-order valence-electron chi connectivity index (χ3n) is 3.86. The number of nitrogens with two attached hydrogens (primary N) is 1. The van der Waals surface area contributed by atoms with Crippen molar-refractivity contribution in [1.82, 2.24) is 4.72 Å². The summed E-state index contributed by atoms with van der Waals surface area (Å²) in [5.41, 5.74) is 1.82. The lowest BCUT2D eigenvalue weighted by Gasteiger charge is -2.15. The molecule has 21 heavy (non-hydrogen) atoms. The van der Waals surface area contributed by atoms with Crippen molar-refractivity contribution in [1.29, 1.82) is 0 Å². The molecule has 1 aromatic rings. The normalized spacial score (nSPS) is 22.4. The minimum absolute atomic E-state index is 0.0228. The standard InChI is InChI=1S/C11H18N4O4S2/c1-7-3-2-4-8(7)6-13-21(18,19)10-5-9(15(16)17)11(14-12)20-10/h5,7-8,13-14H,2-4,6,12H2,1H3. The average Bonchev–Trinajstić information content (AvgIpc) is 3.02. The maximum atomic E-state index is 12.2. The summed E-state index contributed by atoms with van der Waals surface area (Å²) in [6, 6.07) is 1.03. The van der Waals surface area contributed by atoms with Crippen molar-refractivity contribution in [3.63, 3.8) is 0 Å². The van der Waals surface area contributed by atoms with Gasteiger partial charge in [0, 0.05) is 12.6 Å². The van der Waals surface area contributed by atoms with Gasteiger partial charge in [0.1, 0.15) is 4.21 Å². The van der Waals surface area contributed by atoms with E-state index in [1.165, 1.54) is 0 Å². The lowest BCUT2D eigenvalue weighted by atomic mass is 9.99. The Morgan fingerprint density at radius 3 is 2.71 bits per heavy atom. The van der Waals surface area contributed by atoms with Gasteiger partial charge < -0.3 is 5.43 Å². The van der Waals surface area contributed by atoms with Gasteiger partial charge in [-0.2, -0.15) is 0 Å². The fourth-order valence-electron chi connectivity index (χ4n) is 2.54. The van der Waals surface area contributed by atoms with E-state index in [0.717, 1.165) is 36.7 Å². The van der Waals surface area contributed by atoms with Crippen LogP contribution in [0.2, 0.25) is 0 Å². The van der Waals surface area contributed by atoms with Gasteiger partial charge >= 0.3 is 5.69 Å². The van der Waals surface area contributed by atoms with Crippen molar-refractivity contribution in [3.8, 4) is 0 Å². The molecule has 118 valence electrons. The van der Waals surface area contributed by atoms with Crippen molar-refractivity contribution < 1.29 is 13.3 Å². The molecule has 0 aromatic carbocycles. The second kappa shape index (κ2) is 6.26. The van der Waals surface area contributed by atoms with Crippen LogP contribution in [0.15, 0.2) is 10.3 Å². The van der Waals surface area contributed by atoms with Gasteiger partial charge in [0.2, 0.25) is 10.0 Å². The van der Waals surface area contributed by atoms with Gasteiger partial charge in [-0.3, -0.25) is 10.1 Å². The van der Waals surface area contributed by atoms with Gasteiger partial charge in [-0.1, -0.05) is 31.1 Å². The summed E-state index contributed by atoms with van der Waals surface area (Å²) in [4.78, 5) is 10.2. The number of sulfonamides is 1. The largest absolute Gasteiger partial charge is 0.310 e. The fourth-order valence-corrected chi connectivity index (χ4v) is 4.92. The van der Waals surface area contributed by atoms with Crippen molar-refractivity contribution in [2.75, 3.05) is 12.0 Å². The van der Waals surface area contributed by atoms with Gasteiger partial charge in [-0.05, 0) is 18.3 Å². The van der Waals surface area contributed by atoms with Crippen LogP contribution in [0.1, 0.15) is 26.2 Å². The Hall–Kier alpha value is -1.23. The summed E-state index contributed by atoms with van der Waals surface area (Å²) in [6.45, 7) is 2.47. The first kappa shape index (κ1) is 16.1. The molecule has 0 aliphatic heterocycles.